The number of hydrogen-bond donors (Lipinski definition) is 0. The van der Waals surface area contributed by atoms with Gasteiger partial charge in [0.05, 0.1) is 6.61 Å². The van der Waals surface area contributed by atoms with Crippen LogP contribution in [0.1, 0.15) is 76.2 Å². The average Bonchev–Trinajstić information content (AvgIpc) is 2.50. The Labute approximate surface area is 185 Å². The van der Waals surface area contributed by atoms with Crippen LogP contribution in [0.25, 0.3) is 0 Å². The van der Waals surface area contributed by atoms with E-state index in [1.165, 1.54) is 11.8 Å². The maximum absolute atomic E-state index is 12.0. The van der Waals surface area contributed by atoms with Crippen molar-refractivity contribution in [3.05, 3.63) is 0 Å². The summed E-state index contributed by atoms with van der Waals surface area (Å²) in [4.78, 5) is 12.0. The minimum atomic E-state index is -0.802. The lowest BCUT2D eigenvalue weighted by molar-refractivity contribution is -0.117. The first-order valence-corrected chi connectivity index (χ1v) is 13.9. The normalized spacial score (nSPS) is 13.4. The van der Waals surface area contributed by atoms with Crippen LogP contribution in [0.4, 0.5) is 0 Å². The van der Waals surface area contributed by atoms with E-state index in [0.29, 0.717) is 24.2 Å². The molecule has 0 aromatic heterocycles. The van der Waals surface area contributed by atoms with Gasteiger partial charge in [-0.3, -0.25) is 4.79 Å². The molecule has 7 heteroatoms. The summed E-state index contributed by atoms with van der Waals surface area (Å²) in [5.74, 6) is 2.84. The molecule has 0 saturated carbocycles. The molecule has 0 aliphatic heterocycles. The highest BCUT2D eigenvalue weighted by molar-refractivity contribution is 8.14. The summed E-state index contributed by atoms with van der Waals surface area (Å²) in [5.41, 5.74) is -0.247. The lowest BCUT2D eigenvalue weighted by Gasteiger charge is -2.45. The Hall–Kier alpha value is 0.680. The average molecular weight is 453 g/mol. The first-order chi connectivity index (χ1) is 12.8. The minimum absolute atomic E-state index is 0.247. The van der Waals surface area contributed by atoms with Crippen LogP contribution in [0.15, 0.2) is 0 Å². The van der Waals surface area contributed by atoms with Gasteiger partial charge in [0, 0.05) is 46.8 Å². The van der Waals surface area contributed by atoms with Crippen molar-refractivity contribution in [1.29, 1.82) is 0 Å². The van der Waals surface area contributed by atoms with Gasteiger partial charge in [0.1, 0.15) is 0 Å². The molecule has 28 heavy (non-hydrogen) atoms. The fourth-order valence-electron chi connectivity index (χ4n) is 2.93. The second-order valence-corrected chi connectivity index (χ2v) is 13.2. The van der Waals surface area contributed by atoms with Gasteiger partial charge >= 0.3 is 0 Å². The smallest absolute Gasteiger partial charge is 0.194 e. The SMILES string of the molecule is CC(C)N(C(C)C)P(OCCSCCSC(=O)C(C)(C)C)N(C(C)C)C(C)C. The van der Waals surface area contributed by atoms with Crippen molar-refractivity contribution in [2.45, 2.75) is 100 Å². The Kier molecular flexibility index (Phi) is 14.2. The summed E-state index contributed by atoms with van der Waals surface area (Å²) in [6.07, 6.45) is 0. The van der Waals surface area contributed by atoms with Gasteiger partial charge in [-0.15, -0.1) is 0 Å². The van der Waals surface area contributed by atoms with Crippen LogP contribution in [-0.4, -0.2) is 62.5 Å². The van der Waals surface area contributed by atoms with Crippen LogP contribution >= 0.6 is 32.0 Å². The molecule has 0 N–H and O–H groups in total. The van der Waals surface area contributed by atoms with E-state index >= 15 is 0 Å². The summed E-state index contributed by atoms with van der Waals surface area (Å²) in [6.45, 7) is 24.8. The molecule has 0 aliphatic carbocycles. The number of nitrogens with zero attached hydrogens (tertiary/aromatic N) is 2. The van der Waals surface area contributed by atoms with Crippen LogP contribution in [0, 0.1) is 5.41 Å². The fourth-order valence-corrected chi connectivity index (χ4v) is 7.22. The first kappa shape index (κ1) is 28.7. The van der Waals surface area contributed by atoms with Crippen LogP contribution in [0.3, 0.4) is 0 Å². The molecule has 0 radical (unpaired) electrons. The quantitative estimate of drug-likeness (QED) is 0.234. The number of carbonyl (C=O) groups is 1. The highest BCUT2D eigenvalue weighted by Gasteiger charge is 2.34. The van der Waals surface area contributed by atoms with Crippen molar-refractivity contribution in [2.75, 3.05) is 23.9 Å². The predicted octanol–water partition coefficient (Wildman–Crippen LogP) is 6.51. The third-order valence-electron chi connectivity index (χ3n) is 4.02. The number of thioether (sulfide) groups is 2. The van der Waals surface area contributed by atoms with Crippen molar-refractivity contribution in [1.82, 2.24) is 9.34 Å². The van der Waals surface area contributed by atoms with Gasteiger partial charge in [-0.2, -0.15) is 11.8 Å². The molecule has 0 saturated heterocycles. The zero-order chi connectivity index (χ0) is 22.1. The molecule has 0 rings (SSSR count). The molecule has 168 valence electrons. The summed E-state index contributed by atoms with van der Waals surface area (Å²) >= 11 is 3.34. The zero-order valence-electron chi connectivity index (χ0n) is 20.1. The van der Waals surface area contributed by atoms with Crippen LogP contribution in [0.2, 0.25) is 0 Å². The number of hydrogen-bond acceptors (Lipinski definition) is 6. The van der Waals surface area contributed by atoms with Gasteiger partial charge in [0.15, 0.2) is 13.6 Å². The van der Waals surface area contributed by atoms with Crippen LogP contribution < -0.4 is 0 Å². The third kappa shape index (κ3) is 10.6. The Morgan fingerprint density at radius 2 is 1.25 bits per heavy atom. The molecule has 0 unspecified atom stereocenters. The second kappa shape index (κ2) is 13.9. The lowest BCUT2D eigenvalue weighted by atomic mass is 10.00. The van der Waals surface area contributed by atoms with Gasteiger partial charge in [0.2, 0.25) is 0 Å². The third-order valence-corrected chi connectivity index (χ3v) is 9.56. The van der Waals surface area contributed by atoms with Crippen LogP contribution in [0.5, 0.6) is 0 Å². The van der Waals surface area contributed by atoms with E-state index in [0.717, 1.165) is 23.9 Å². The van der Waals surface area contributed by atoms with Gasteiger partial charge < -0.3 is 4.52 Å². The molecule has 0 fully saturated rings. The molecule has 0 bridgehead atoms. The zero-order valence-corrected chi connectivity index (χ0v) is 22.6. The maximum Gasteiger partial charge on any atom is 0.194 e. The minimum Gasteiger partial charge on any atom is -0.330 e. The fraction of sp³-hybridized carbons (Fsp3) is 0.952. The molecular formula is C21H45N2O2PS2. The topological polar surface area (TPSA) is 32.8 Å². The summed E-state index contributed by atoms with van der Waals surface area (Å²) in [6, 6.07) is 1.77. The van der Waals surface area contributed by atoms with Gasteiger partial charge in [-0.05, 0) is 55.4 Å². The number of rotatable bonds is 13. The highest BCUT2D eigenvalue weighted by Crippen LogP contribution is 2.50. The Morgan fingerprint density at radius 1 is 0.821 bits per heavy atom. The van der Waals surface area contributed by atoms with Gasteiger partial charge in [-0.1, -0.05) is 32.5 Å². The molecule has 0 amide bonds. The van der Waals surface area contributed by atoms with Crippen molar-refractivity contribution in [3.63, 3.8) is 0 Å². The largest absolute Gasteiger partial charge is 0.330 e. The van der Waals surface area contributed by atoms with Gasteiger partial charge in [-0.25, -0.2) is 9.34 Å². The van der Waals surface area contributed by atoms with Crippen molar-refractivity contribution < 1.29 is 9.32 Å². The highest BCUT2D eigenvalue weighted by atomic mass is 32.2. The van der Waals surface area contributed by atoms with E-state index in [4.69, 9.17) is 4.52 Å². The number of carbonyl (C=O) groups excluding carboxylic acids is 1. The van der Waals surface area contributed by atoms with E-state index in [2.05, 4.69) is 64.7 Å². The molecule has 0 heterocycles. The Bertz CT molecular complexity index is 405. The van der Waals surface area contributed by atoms with E-state index in [1.807, 2.05) is 32.5 Å². The predicted molar refractivity (Wildman–Crippen MR) is 131 cm³/mol. The lowest BCUT2D eigenvalue weighted by Crippen LogP contribution is -2.43. The molecule has 0 aromatic carbocycles. The Morgan fingerprint density at radius 3 is 1.61 bits per heavy atom. The van der Waals surface area contributed by atoms with Gasteiger partial charge in [0.25, 0.3) is 0 Å². The summed E-state index contributed by atoms with van der Waals surface area (Å²) in [5, 5.41) is 0.280. The first-order valence-electron chi connectivity index (χ1n) is 10.5. The molecule has 4 nitrogen and oxygen atoms in total. The van der Waals surface area contributed by atoms with Crippen molar-refractivity contribution in [3.8, 4) is 0 Å². The van der Waals surface area contributed by atoms with E-state index < -0.39 is 8.45 Å². The summed E-state index contributed by atoms with van der Waals surface area (Å²) in [7, 11) is -0.802. The second-order valence-electron chi connectivity index (χ2n) is 9.22. The van der Waals surface area contributed by atoms with E-state index in [9.17, 15) is 4.79 Å². The van der Waals surface area contributed by atoms with Crippen LogP contribution in [-0.2, 0) is 9.32 Å². The molecule has 0 aliphatic rings. The maximum atomic E-state index is 12.0. The van der Waals surface area contributed by atoms with E-state index in [1.54, 1.807) is 0 Å². The standard InChI is InChI=1S/C21H45N2O2PS2/c1-16(2)22(17(3)4)26(23(18(5)6)19(7)8)25-12-13-27-14-15-28-20(24)21(9,10)11/h16-19H,12-15H2,1-11H3. The van der Waals surface area contributed by atoms with Crippen molar-refractivity contribution >= 4 is 37.1 Å². The molecular weight excluding hydrogens is 407 g/mol. The van der Waals surface area contributed by atoms with E-state index in [-0.39, 0.29) is 10.5 Å². The Balaban J connectivity index is 4.68. The summed E-state index contributed by atoms with van der Waals surface area (Å²) < 4.78 is 11.6. The monoisotopic (exact) mass is 452 g/mol. The molecule has 0 spiro atoms. The molecule has 0 atom stereocenters. The van der Waals surface area contributed by atoms with Crippen molar-refractivity contribution in [2.24, 2.45) is 5.41 Å². The molecule has 0 aromatic rings.